The molecule has 1 rings (SSSR count). The van der Waals surface area contributed by atoms with E-state index >= 15 is 0 Å². The highest BCUT2D eigenvalue weighted by atomic mass is 16.5. The Balaban J connectivity index is 2.41. The second kappa shape index (κ2) is 4.39. The Morgan fingerprint density at radius 3 is 3.17 bits per heavy atom. The lowest BCUT2D eigenvalue weighted by Crippen LogP contribution is -2.52. The van der Waals surface area contributed by atoms with Crippen molar-refractivity contribution in [2.45, 2.75) is 12.5 Å². The molecular weight excluding hydrogens is 160 g/mol. The van der Waals surface area contributed by atoms with Gasteiger partial charge in [-0.15, -0.1) is 0 Å². The summed E-state index contributed by atoms with van der Waals surface area (Å²) >= 11 is 0. The number of carboxylic acid groups (broad SMARTS) is 1. The third-order valence-corrected chi connectivity index (χ3v) is 1.92. The Morgan fingerprint density at radius 2 is 2.58 bits per heavy atom. The zero-order valence-electron chi connectivity index (χ0n) is 7.12. The molecule has 2 N–H and O–H groups in total. The van der Waals surface area contributed by atoms with Crippen molar-refractivity contribution < 1.29 is 14.6 Å². The van der Waals surface area contributed by atoms with Gasteiger partial charge in [-0.1, -0.05) is 0 Å². The molecular formula is C7H14N2O3. The molecule has 1 unspecified atom stereocenters. The van der Waals surface area contributed by atoms with Gasteiger partial charge in [0, 0.05) is 6.54 Å². The lowest BCUT2D eigenvalue weighted by atomic mass is 10.2. The summed E-state index contributed by atoms with van der Waals surface area (Å²) in [6, 6.07) is -0.0405. The maximum atomic E-state index is 10.4. The molecule has 1 aliphatic heterocycles. The standard InChI is InChI=1S/C7H14N2O3/c1-8-9-2-3-12-5-6(9)4-7(10)11/h6,8H,2-5H2,1H3,(H,10,11). The van der Waals surface area contributed by atoms with Crippen LogP contribution in [0.3, 0.4) is 0 Å². The molecule has 0 amide bonds. The van der Waals surface area contributed by atoms with E-state index in [1.807, 2.05) is 5.01 Å². The number of aliphatic carboxylic acids is 1. The van der Waals surface area contributed by atoms with Gasteiger partial charge in [0.2, 0.25) is 0 Å². The Hall–Kier alpha value is -0.650. The molecule has 1 atom stereocenters. The third-order valence-electron chi connectivity index (χ3n) is 1.92. The number of rotatable bonds is 3. The van der Waals surface area contributed by atoms with E-state index in [2.05, 4.69) is 5.43 Å². The van der Waals surface area contributed by atoms with Crippen molar-refractivity contribution in [3.63, 3.8) is 0 Å². The van der Waals surface area contributed by atoms with Gasteiger partial charge in [-0.3, -0.25) is 10.2 Å². The molecule has 0 aromatic rings. The second-order valence-corrected chi connectivity index (χ2v) is 2.74. The minimum Gasteiger partial charge on any atom is -0.481 e. The monoisotopic (exact) mass is 174 g/mol. The number of hydrogen-bond donors (Lipinski definition) is 2. The van der Waals surface area contributed by atoms with Crippen molar-refractivity contribution in [3.8, 4) is 0 Å². The van der Waals surface area contributed by atoms with E-state index in [9.17, 15) is 4.79 Å². The first-order valence-corrected chi connectivity index (χ1v) is 3.97. The fraction of sp³-hybridized carbons (Fsp3) is 0.857. The first-order valence-electron chi connectivity index (χ1n) is 3.97. The van der Waals surface area contributed by atoms with Crippen LogP contribution in [0.25, 0.3) is 0 Å². The van der Waals surface area contributed by atoms with Crippen LogP contribution in [0.5, 0.6) is 0 Å². The number of carbonyl (C=O) groups is 1. The highest BCUT2D eigenvalue weighted by Crippen LogP contribution is 2.06. The Kier molecular flexibility index (Phi) is 3.46. The van der Waals surface area contributed by atoms with Crippen LogP contribution in [0.1, 0.15) is 6.42 Å². The summed E-state index contributed by atoms with van der Waals surface area (Å²) in [7, 11) is 1.79. The van der Waals surface area contributed by atoms with Gasteiger partial charge >= 0.3 is 5.97 Å². The van der Waals surface area contributed by atoms with Crippen LogP contribution in [0, 0.1) is 0 Å². The highest BCUT2D eigenvalue weighted by molar-refractivity contribution is 5.67. The van der Waals surface area contributed by atoms with Gasteiger partial charge in [0.1, 0.15) is 0 Å². The summed E-state index contributed by atoms with van der Waals surface area (Å²) in [4.78, 5) is 10.4. The quantitative estimate of drug-likeness (QED) is 0.592. The fourth-order valence-corrected chi connectivity index (χ4v) is 1.32. The van der Waals surface area contributed by atoms with E-state index in [0.29, 0.717) is 13.2 Å². The van der Waals surface area contributed by atoms with Crippen LogP contribution in [-0.4, -0.2) is 48.9 Å². The molecule has 5 heteroatoms. The summed E-state index contributed by atoms with van der Waals surface area (Å²) in [6.07, 6.45) is 0.126. The van der Waals surface area contributed by atoms with E-state index in [1.165, 1.54) is 0 Å². The Morgan fingerprint density at radius 1 is 1.83 bits per heavy atom. The zero-order chi connectivity index (χ0) is 8.97. The van der Waals surface area contributed by atoms with Gasteiger partial charge in [-0.2, -0.15) is 0 Å². The summed E-state index contributed by atoms with van der Waals surface area (Å²) in [6.45, 7) is 1.90. The predicted octanol–water partition coefficient (Wildman–Crippen LogP) is -0.704. The van der Waals surface area contributed by atoms with Crippen molar-refractivity contribution in [3.05, 3.63) is 0 Å². The van der Waals surface area contributed by atoms with Gasteiger partial charge in [-0.05, 0) is 7.05 Å². The topological polar surface area (TPSA) is 61.8 Å². The Labute approximate surface area is 71.3 Å². The van der Waals surface area contributed by atoms with E-state index in [1.54, 1.807) is 7.05 Å². The third kappa shape index (κ3) is 2.44. The Bertz CT molecular complexity index is 163. The molecule has 1 fully saturated rings. The smallest absolute Gasteiger partial charge is 0.305 e. The summed E-state index contributed by atoms with van der Waals surface area (Å²) in [5.41, 5.74) is 2.95. The molecule has 0 bridgehead atoms. The molecule has 0 spiro atoms. The molecule has 70 valence electrons. The number of ether oxygens (including phenoxy) is 1. The van der Waals surface area contributed by atoms with Crippen LogP contribution < -0.4 is 5.43 Å². The first kappa shape index (κ1) is 9.44. The van der Waals surface area contributed by atoms with Crippen LogP contribution in [0.15, 0.2) is 0 Å². The van der Waals surface area contributed by atoms with Gasteiger partial charge in [0.25, 0.3) is 0 Å². The molecule has 12 heavy (non-hydrogen) atoms. The largest absolute Gasteiger partial charge is 0.481 e. The van der Waals surface area contributed by atoms with Crippen LogP contribution in [0.2, 0.25) is 0 Å². The van der Waals surface area contributed by atoms with Crippen molar-refractivity contribution in [2.75, 3.05) is 26.8 Å². The number of nitrogens with zero attached hydrogens (tertiary/aromatic N) is 1. The van der Waals surface area contributed by atoms with Crippen molar-refractivity contribution in [1.29, 1.82) is 0 Å². The molecule has 0 saturated carbocycles. The summed E-state index contributed by atoms with van der Waals surface area (Å²) < 4.78 is 5.17. The number of nitrogens with one attached hydrogen (secondary N) is 1. The maximum Gasteiger partial charge on any atom is 0.305 e. The number of morpholine rings is 1. The summed E-state index contributed by atoms with van der Waals surface area (Å²) in [5, 5.41) is 10.5. The van der Waals surface area contributed by atoms with Gasteiger partial charge in [0.05, 0.1) is 25.7 Å². The van der Waals surface area contributed by atoms with Crippen LogP contribution in [0.4, 0.5) is 0 Å². The van der Waals surface area contributed by atoms with Crippen molar-refractivity contribution in [1.82, 2.24) is 10.4 Å². The first-order chi connectivity index (χ1) is 5.74. The zero-order valence-corrected chi connectivity index (χ0v) is 7.12. The molecule has 1 saturated heterocycles. The highest BCUT2D eigenvalue weighted by Gasteiger charge is 2.23. The van der Waals surface area contributed by atoms with Crippen molar-refractivity contribution in [2.24, 2.45) is 0 Å². The van der Waals surface area contributed by atoms with Crippen LogP contribution in [-0.2, 0) is 9.53 Å². The number of hydrazine groups is 1. The van der Waals surface area contributed by atoms with E-state index in [0.717, 1.165) is 6.54 Å². The van der Waals surface area contributed by atoms with E-state index < -0.39 is 5.97 Å². The average molecular weight is 174 g/mol. The molecule has 5 nitrogen and oxygen atoms in total. The van der Waals surface area contributed by atoms with Crippen molar-refractivity contribution >= 4 is 5.97 Å². The molecule has 0 aliphatic carbocycles. The number of carboxylic acids is 1. The SMILES string of the molecule is CNN1CCOCC1CC(=O)O. The summed E-state index contributed by atoms with van der Waals surface area (Å²) in [5.74, 6) is -0.786. The van der Waals surface area contributed by atoms with Gasteiger partial charge in [-0.25, -0.2) is 5.01 Å². The molecule has 1 aliphatic rings. The number of hydrogen-bond acceptors (Lipinski definition) is 4. The minimum atomic E-state index is -0.786. The lowest BCUT2D eigenvalue weighted by Gasteiger charge is -2.33. The lowest BCUT2D eigenvalue weighted by molar-refractivity contribution is -0.141. The average Bonchev–Trinajstić information content (AvgIpc) is 2.04. The van der Waals surface area contributed by atoms with E-state index in [4.69, 9.17) is 9.84 Å². The second-order valence-electron chi connectivity index (χ2n) is 2.74. The molecule has 0 aromatic heterocycles. The van der Waals surface area contributed by atoms with Gasteiger partial charge < -0.3 is 9.84 Å². The minimum absolute atomic E-state index is 0.0405. The molecule has 0 aromatic carbocycles. The van der Waals surface area contributed by atoms with Gasteiger partial charge in [0.15, 0.2) is 0 Å². The molecule has 0 radical (unpaired) electrons. The fourth-order valence-electron chi connectivity index (χ4n) is 1.32. The normalized spacial score (nSPS) is 25.6. The predicted molar refractivity (Wildman–Crippen MR) is 42.6 cm³/mol. The molecule has 1 heterocycles. The maximum absolute atomic E-state index is 10.4. The van der Waals surface area contributed by atoms with Crippen LogP contribution >= 0.6 is 0 Å². The van der Waals surface area contributed by atoms with E-state index in [-0.39, 0.29) is 12.5 Å².